The van der Waals surface area contributed by atoms with Gasteiger partial charge >= 0.3 is 0 Å². The van der Waals surface area contributed by atoms with Crippen LogP contribution < -0.4 is 15.0 Å². The number of furan rings is 1. The van der Waals surface area contributed by atoms with E-state index in [1.165, 1.54) is 11.8 Å². The van der Waals surface area contributed by atoms with Crippen molar-refractivity contribution < 1.29 is 18.7 Å². The predicted molar refractivity (Wildman–Crippen MR) is 116 cm³/mol. The normalized spacial score (nSPS) is 16.2. The number of rotatable bonds is 5. The highest BCUT2D eigenvalue weighted by atomic mass is 32.2. The van der Waals surface area contributed by atoms with Crippen molar-refractivity contribution >= 4 is 28.6 Å². The van der Waals surface area contributed by atoms with Crippen LogP contribution in [0.4, 0.5) is 0 Å². The summed E-state index contributed by atoms with van der Waals surface area (Å²) in [5.74, 6) is 2.70. The quantitative estimate of drug-likeness (QED) is 0.444. The Hall–Kier alpha value is -2.94. The number of ether oxygens (including phenoxy) is 2. The van der Waals surface area contributed by atoms with Crippen molar-refractivity contribution in [3.05, 3.63) is 46.6 Å². The summed E-state index contributed by atoms with van der Waals surface area (Å²) in [6, 6.07) is 6.97. The van der Waals surface area contributed by atoms with Crippen molar-refractivity contribution in [1.82, 2.24) is 14.5 Å². The number of hydrogen-bond donors (Lipinski definition) is 0. The van der Waals surface area contributed by atoms with E-state index in [-0.39, 0.29) is 30.6 Å². The van der Waals surface area contributed by atoms with E-state index in [2.05, 4.69) is 6.92 Å². The molecule has 0 spiro atoms. The summed E-state index contributed by atoms with van der Waals surface area (Å²) in [7, 11) is 0. The number of carbonyl (C=O) groups is 1. The first-order valence-corrected chi connectivity index (χ1v) is 11.3. The standard InChI is InChI=1S/C22H23N3O5S/c1-14-4-6-24(7-5-14)20(26)12-31-22-23-17-10-19-18(29-13-30-19)9-16(17)21(27)25(22)11-15-3-2-8-28-15/h2-3,8-10,14H,4-7,11-13H2,1H3. The average Bonchev–Trinajstić information content (AvgIpc) is 3.45. The fourth-order valence-electron chi connectivity index (χ4n) is 3.87. The van der Waals surface area contributed by atoms with Crippen LogP contribution >= 0.6 is 11.8 Å². The van der Waals surface area contributed by atoms with Crippen molar-refractivity contribution in [2.45, 2.75) is 31.5 Å². The lowest BCUT2D eigenvalue weighted by Gasteiger charge is -2.30. The van der Waals surface area contributed by atoms with Crippen LogP contribution in [0.2, 0.25) is 0 Å². The van der Waals surface area contributed by atoms with Gasteiger partial charge in [-0.1, -0.05) is 18.7 Å². The second-order valence-electron chi connectivity index (χ2n) is 7.94. The highest BCUT2D eigenvalue weighted by Gasteiger charge is 2.23. The zero-order valence-corrected chi connectivity index (χ0v) is 18.0. The van der Waals surface area contributed by atoms with Crippen molar-refractivity contribution in [2.24, 2.45) is 5.92 Å². The van der Waals surface area contributed by atoms with Gasteiger partial charge in [0.25, 0.3) is 5.56 Å². The van der Waals surface area contributed by atoms with Gasteiger partial charge in [-0.2, -0.15) is 0 Å². The van der Waals surface area contributed by atoms with E-state index >= 15 is 0 Å². The molecule has 5 rings (SSSR count). The molecule has 8 nitrogen and oxygen atoms in total. The molecule has 1 fully saturated rings. The Balaban J connectivity index is 1.47. The molecule has 0 N–H and O–H groups in total. The van der Waals surface area contributed by atoms with E-state index in [0.29, 0.717) is 39.2 Å². The molecular formula is C22H23N3O5S. The monoisotopic (exact) mass is 441 g/mol. The second kappa shape index (κ2) is 8.30. The fourth-order valence-corrected chi connectivity index (χ4v) is 4.78. The van der Waals surface area contributed by atoms with Gasteiger partial charge in [0.1, 0.15) is 5.76 Å². The lowest BCUT2D eigenvalue weighted by Crippen LogP contribution is -2.39. The first-order valence-electron chi connectivity index (χ1n) is 10.4. The molecule has 2 aromatic heterocycles. The van der Waals surface area contributed by atoms with Gasteiger partial charge < -0.3 is 18.8 Å². The van der Waals surface area contributed by atoms with Gasteiger partial charge in [0.2, 0.25) is 12.7 Å². The number of piperidine rings is 1. The molecule has 0 aliphatic carbocycles. The predicted octanol–water partition coefficient (Wildman–Crippen LogP) is 3.12. The van der Waals surface area contributed by atoms with Gasteiger partial charge in [-0.05, 0) is 37.0 Å². The summed E-state index contributed by atoms with van der Waals surface area (Å²) >= 11 is 1.28. The summed E-state index contributed by atoms with van der Waals surface area (Å²) in [6.45, 7) is 4.15. The molecule has 3 aromatic rings. The number of fused-ring (bicyclic) bond motifs is 2. The number of hydrogen-bond acceptors (Lipinski definition) is 7. The molecule has 1 aromatic carbocycles. The molecule has 2 aliphatic rings. The Kier molecular flexibility index (Phi) is 5.35. The lowest BCUT2D eigenvalue weighted by atomic mass is 9.99. The van der Waals surface area contributed by atoms with Crippen LogP contribution in [-0.4, -0.2) is 46.0 Å². The number of nitrogens with zero attached hydrogens (tertiary/aromatic N) is 3. The minimum absolute atomic E-state index is 0.0708. The summed E-state index contributed by atoms with van der Waals surface area (Å²) in [4.78, 5) is 32.7. The number of benzene rings is 1. The Labute approximate surface area is 183 Å². The van der Waals surface area contributed by atoms with Crippen molar-refractivity contribution in [1.29, 1.82) is 0 Å². The summed E-state index contributed by atoms with van der Waals surface area (Å²) in [5, 5.41) is 0.919. The van der Waals surface area contributed by atoms with Crippen LogP contribution in [0.3, 0.4) is 0 Å². The van der Waals surface area contributed by atoms with Crippen LogP contribution in [-0.2, 0) is 11.3 Å². The Morgan fingerprint density at radius 2 is 2.00 bits per heavy atom. The number of amides is 1. The summed E-state index contributed by atoms with van der Waals surface area (Å²) in [6.07, 6.45) is 3.63. The number of likely N-dealkylation sites (tertiary alicyclic amines) is 1. The highest BCUT2D eigenvalue weighted by molar-refractivity contribution is 7.99. The van der Waals surface area contributed by atoms with Crippen LogP contribution in [0.15, 0.2) is 44.9 Å². The van der Waals surface area contributed by atoms with Gasteiger partial charge in [0, 0.05) is 19.2 Å². The zero-order chi connectivity index (χ0) is 21.4. The molecule has 31 heavy (non-hydrogen) atoms. The molecule has 0 saturated carbocycles. The van der Waals surface area contributed by atoms with Crippen LogP contribution in [0.1, 0.15) is 25.5 Å². The van der Waals surface area contributed by atoms with Crippen molar-refractivity contribution in [3.63, 3.8) is 0 Å². The van der Waals surface area contributed by atoms with E-state index in [4.69, 9.17) is 18.9 Å². The minimum Gasteiger partial charge on any atom is -0.467 e. The maximum absolute atomic E-state index is 13.3. The Bertz CT molecular complexity index is 1170. The molecule has 2 aliphatic heterocycles. The van der Waals surface area contributed by atoms with Crippen molar-refractivity contribution in [2.75, 3.05) is 25.6 Å². The molecule has 0 unspecified atom stereocenters. The third-order valence-electron chi connectivity index (χ3n) is 5.77. The van der Waals surface area contributed by atoms with Gasteiger partial charge in [0.05, 0.1) is 29.5 Å². The highest BCUT2D eigenvalue weighted by Crippen LogP contribution is 2.35. The molecule has 0 atom stereocenters. The molecular weight excluding hydrogens is 418 g/mol. The number of carbonyl (C=O) groups excluding carboxylic acids is 1. The average molecular weight is 442 g/mol. The molecule has 0 radical (unpaired) electrons. The number of aromatic nitrogens is 2. The van der Waals surface area contributed by atoms with Gasteiger partial charge in [0.15, 0.2) is 16.7 Å². The minimum atomic E-state index is -0.207. The van der Waals surface area contributed by atoms with Gasteiger partial charge in [-0.25, -0.2) is 4.98 Å². The zero-order valence-electron chi connectivity index (χ0n) is 17.2. The fraction of sp³-hybridized carbons (Fsp3) is 0.409. The van der Waals surface area contributed by atoms with E-state index in [1.807, 2.05) is 11.0 Å². The number of thioether (sulfide) groups is 1. The molecule has 1 saturated heterocycles. The first kappa shape index (κ1) is 20.0. The largest absolute Gasteiger partial charge is 0.467 e. The topological polar surface area (TPSA) is 86.8 Å². The second-order valence-corrected chi connectivity index (χ2v) is 8.88. The van der Waals surface area contributed by atoms with Crippen LogP contribution in [0.25, 0.3) is 10.9 Å². The summed E-state index contributed by atoms with van der Waals surface area (Å²) < 4.78 is 17.9. The maximum atomic E-state index is 13.3. The molecule has 4 heterocycles. The van der Waals surface area contributed by atoms with Crippen molar-refractivity contribution in [3.8, 4) is 11.5 Å². The third-order valence-corrected chi connectivity index (χ3v) is 6.73. The van der Waals surface area contributed by atoms with Crippen LogP contribution in [0.5, 0.6) is 11.5 Å². The summed E-state index contributed by atoms with van der Waals surface area (Å²) in [5.41, 5.74) is 0.313. The molecule has 1 amide bonds. The molecule has 9 heteroatoms. The van der Waals surface area contributed by atoms with Gasteiger partial charge in [-0.3, -0.25) is 14.2 Å². The van der Waals surface area contributed by atoms with E-state index in [1.54, 1.807) is 29.0 Å². The lowest BCUT2D eigenvalue weighted by molar-refractivity contribution is -0.129. The Morgan fingerprint density at radius 1 is 1.23 bits per heavy atom. The third kappa shape index (κ3) is 4.01. The van der Waals surface area contributed by atoms with Crippen LogP contribution in [0, 0.1) is 5.92 Å². The first-order chi connectivity index (χ1) is 15.1. The van der Waals surface area contributed by atoms with E-state index in [9.17, 15) is 9.59 Å². The maximum Gasteiger partial charge on any atom is 0.262 e. The van der Waals surface area contributed by atoms with Gasteiger partial charge in [-0.15, -0.1) is 0 Å². The smallest absolute Gasteiger partial charge is 0.262 e. The Morgan fingerprint density at radius 3 is 2.74 bits per heavy atom. The van der Waals surface area contributed by atoms with E-state index in [0.717, 1.165) is 25.9 Å². The molecule has 0 bridgehead atoms. The van der Waals surface area contributed by atoms with E-state index < -0.39 is 0 Å². The SMILES string of the molecule is CC1CCN(C(=O)CSc2nc3cc4c(cc3c(=O)n2Cc2ccco2)OCO4)CC1. The molecule has 162 valence electrons.